The van der Waals surface area contributed by atoms with Gasteiger partial charge in [-0.2, -0.15) is 0 Å². The number of nitrogens with two attached hydrogens (primary N) is 1. The predicted octanol–water partition coefficient (Wildman–Crippen LogP) is 2.76. The standard InChI is InChI=1S/C12H9ClFN3O2/c13-9-5-7(14)1-2-10(9)19-11-6-16-4-3-8(11)12(15)17-18/h1-6,18H,(H2,15,17). The van der Waals surface area contributed by atoms with E-state index in [4.69, 9.17) is 27.3 Å². The molecule has 0 radical (unpaired) electrons. The molecule has 0 fully saturated rings. The summed E-state index contributed by atoms with van der Waals surface area (Å²) in [6.45, 7) is 0. The lowest BCUT2D eigenvalue weighted by atomic mass is 10.2. The van der Waals surface area contributed by atoms with Crippen LogP contribution < -0.4 is 10.5 Å². The summed E-state index contributed by atoms with van der Waals surface area (Å²) in [4.78, 5) is 3.87. The molecule has 0 saturated heterocycles. The van der Waals surface area contributed by atoms with Crippen LogP contribution >= 0.6 is 11.6 Å². The van der Waals surface area contributed by atoms with Crippen molar-refractivity contribution < 1.29 is 14.3 Å². The lowest BCUT2D eigenvalue weighted by Crippen LogP contribution is -2.14. The Morgan fingerprint density at radius 1 is 1.37 bits per heavy atom. The minimum Gasteiger partial charge on any atom is -0.453 e. The van der Waals surface area contributed by atoms with E-state index in [-0.39, 0.29) is 22.4 Å². The zero-order chi connectivity index (χ0) is 13.8. The maximum Gasteiger partial charge on any atom is 0.173 e. The van der Waals surface area contributed by atoms with Gasteiger partial charge in [-0.15, -0.1) is 0 Å². The molecule has 19 heavy (non-hydrogen) atoms. The first-order chi connectivity index (χ1) is 9.11. The fourth-order valence-corrected chi connectivity index (χ4v) is 1.61. The zero-order valence-electron chi connectivity index (χ0n) is 9.55. The molecule has 1 aromatic heterocycles. The van der Waals surface area contributed by atoms with Crippen LogP contribution in [-0.4, -0.2) is 16.0 Å². The molecule has 0 saturated carbocycles. The molecule has 1 heterocycles. The highest BCUT2D eigenvalue weighted by Gasteiger charge is 2.11. The molecule has 3 N–H and O–H groups in total. The number of pyridine rings is 1. The molecule has 7 heteroatoms. The van der Waals surface area contributed by atoms with E-state index in [1.807, 2.05) is 0 Å². The fraction of sp³-hybridized carbons (Fsp3) is 0. The van der Waals surface area contributed by atoms with Crippen molar-refractivity contribution in [3.05, 3.63) is 53.1 Å². The highest BCUT2D eigenvalue weighted by molar-refractivity contribution is 6.32. The van der Waals surface area contributed by atoms with Gasteiger partial charge in [0, 0.05) is 6.20 Å². The molecule has 1 aromatic carbocycles. The summed E-state index contributed by atoms with van der Waals surface area (Å²) in [5, 5.41) is 11.7. The van der Waals surface area contributed by atoms with Crippen LogP contribution in [0.1, 0.15) is 5.56 Å². The third-order valence-electron chi connectivity index (χ3n) is 2.28. The topological polar surface area (TPSA) is 80.7 Å². The van der Waals surface area contributed by atoms with Crippen LogP contribution in [0.5, 0.6) is 11.5 Å². The lowest BCUT2D eigenvalue weighted by Gasteiger charge is -2.10. The van der Waals surface area contributed by atoms with Crippen LogP contribution in [0.3, 0.4) is 0 Å². The molecule has 98 valence electrons. The van der Waals surface area contributed by atoms with Crippen molar-refractivity contribution in [1.82, 2.24) is 4.98 Å². The molecule has 0 aliphatic heterocycles. The van der Waals surface area contributed by atoms with Crippen molar-refractivity contribution in [2.24, 2.45) is 10.9 Å². The predicted molar refractivity (Wildman–Crippen MR) is 68.2 cm³/mol. The largest absolute Gasteiger partial charge is 0.453 e. The van der Waals surface area contributed by atoms with Gasteiger partial charge in [-0.05, 0) is 24.3 Å². The quantitative estimate of drug-likeness (QED) is 0.392. The van der Waals surface area contributed by atoms with E-state index in [0.29, 0.717) is 5.56 Å². The number of benzene rings is 1. The van der Waals surface area contributed by atoms with E-state index >= 15 is 0 Å². The van der Waals surface area contributed by atoms with Gasteiger partial charge < -0.3 is 15.7 Å². The van der Waals surface area contributed by atoms with E-state index < -0.39 is 5.82 Å². The molecule has 0 spiro atoms. The summed E-state index contributed by atoms with van der Waals surface area (Å²) in [5.74, 6) is -0.120. The molecule has 2 rings (SSSR count). The molecule has 0 atom stereocenters. The summed E-state index contributed by atoms with van der Waals surface area (Å²) < 4.78 is 18.4. The van der Waals surface area contributed by atoms with E-state index in [1.165, 1.54) is 30.6 Å². The van der Waals surface area contributed by atoms with Crippen LogP contribution in [0.15, 0.2) is 41.8 Å². The Bertz CT molecular complexity index is 634. The van der Waals surface area contributed by atoms with Gasteiger partial charge in [0.15, 0.2) is 11.6 Å². The number of rotatable bonds is 3. The Balaban J connectivity index is 2.38. The average Bonchev–Trinajstić information content (AvgIpc) is 2.41. The second-order valence-electron chi connectivity index (χ2n) is 3.53. The second-order valence-corrected chi connectivity index (χ2v) is 3.94. The van der Waals surface area contributed by atoms with Gasteiger partial charge in [0.1, 0.15) is 11.6 Å². The van der Waals surface area contributed by atoms with Crippen molar-refractivity contribution in [3.63, 3.8) is 0 Å². The van der Waals surface area contributed by atoms with E-state index in [1.54, 1.807) is 0 Å². The number of amidine groups is 1. The van der Waals surface area contributed by atoms with E-state index in [2.05, 4.69) is 10.1 Å². The highest BCUT2D eigenvalue weighted by atomic mass is 35.5. The summed E-state index contributed by atoms with van der Waals surface area (Å²) in [7, 11) is 0. The fourth-order valence-electron chi connectivity index (χ4n) is 1.40. The molecule has 0 amide bonds. The molecule has 0 bridgehead atoms. The highest BCUT2D eigenvalue weighted by Crippen LogP contribution is 2.31. The van der Waals surface area contributed by atoms with Crippen molar-refractivity contribution in [2.75, 3.05) is 0 Å². The van der Waals surface area contributed by atoms with Crippen LogP contribution in [0, 0.1) is 5.82 Å². The number of ether oxygens (including phenoxy) is 1. The number of aromatic nitrogens is 1. The van der Waals surface area contributed by atoms with Gasteiger partial charge in [-0.3, -0.25) is 4.98 Å². The summed E-state index contributed by atoms with van der Waals surface area (Å²) in [6.07, 6.45) is 2.85. The normalized spacial score (nSPS) is 11.4. The van der Waals surface area contributed by atoms with Gasteiger partial charge in [-0.1, -0.05) is 16.8 Å². The lowest BCUT2D eigenvalue weighted by molar-refractivity contribution is 0.318. The third-order valence-corrected chi connectivity index (χ3v) is 2.58. The molecule has 2 aromatic rings. The monoisotopic (exact) mass is 281 g/mol. The first-order valence-corrected chi connectivity index (χ1v) is 5.54. The van der Waals surface area contributed by atoms with Crippen molar-refractivity contribution >= 4 is 17.4 Å². The van der Waals surface area contributed by atoms with Gasteiger partial charge >= 0.3 is 0 Å². The Morgan fingerprint density at radius 3 is 2.84 bits per heavy atom. The molecule has 0 unspecified atom stereocenters. The van der Waals surface area contributed by atoms with Crippen LogP contribution in [0.4, 0.5) is 4.39 Å². The van der Waals surface area contributed by atoms with Crippen LogP contribution in [0.25, 0.3) is 0 Å². The number of hydrogen-bond donors (Lipinski definition) is 2. The molecular formula is C12H9ClFN3O2. The Labute approximate surface area is 113 Å². The molecule has 5 nitrogen and oxygen atoms in total. The van der Waals surface area contributed by atoms with Crippen molar-refractivity contribution in [3.8, 4) is 11.5 Å². The smallest absolute Gasteiger partial charge is 0.173 e. The minimum atomic E-state index is -0.472. The SMILES string of the molecule is N/C(=N/O)c1ccncc1Oc1ccc(F)cc1Cl. The van der Waals surface area contributed by atoms with Gasteiger partial charge in [0.2, 0.25) is 0 Å². The maximum absolute atomic E-state index is 12.9. The van der Waals surface area contributed by atoms with Crippen molar-refractivity contribution in [2.45, 2.75) is 0 Å². The number of halogens is 2. The van der Waals surface area contributed by atoms with E-state index in [9.17, 15) is 4.39 Å². The Morgan fingerprint density at radius 2 is 2.16 bits per heavy atom. The average molecular weight is 282 g/mol. The molecular weight excluding hydrogens is 273 g/mol. The second kappa shape index (κ2) is 5.53. The third kappa shape index (κ3) is 2.92. The zero-order valence-corrected chi connectivity index (χ0v) is 10.3. The van der Waals surface area contributed by atoms with Gasteiger partial charge in [-0.25, -0.2) is 4.39 Å². The minimum absolute atomic E-state index is 0.106. The Hall–Kier alpha value is -2.34. The first-order valence-electron chi connectivity index (χ1n) is 5.16. The molecule has 0 aliphatic carbocycles. The first kappa shape index (κ1) is 13.1. The van der Waals surface area contributed by atoms with E-state index in [0.717, 1.165) is 6.07 Å². The van der Waals surface area contributed by atoms with Crippen molar-refractivity contribution in [1.29, 1.82) is 0 Å². The number of nitrogens with zero attached hydrogens (tertiary/aromatic N) is 2. The van der Waals surface area contributed by atoms with Crippen LogP contribution in [0.2, 0.25) is 5.02 Å². The summed E-state index contributed by atoms with van der Waals surface area (Å²) in [6, 6.07) is 5.22. The Kier molecular flexibility index (Phi) is 3.82. The number of hydrogen-bond acceptors (Lipinski definition) is 4. The maximum atomic E-state index is 12.9. The summed E-state index contributed by atoms with van der Waals surface area (Å²) in [5.41, 5.74) is 5.86. The van der Waals surface area contributed by atoms with Crippen LogP contribution in [-0.2, 0) is 0 Å². The van der Waals surface area contributed by atoms with Gasteiger partial charge in [0.25, 0.3) is 0 Å². The summed E-state index contributed by atoms with van der Waals surface area (Å²) >= 11 is 5.85. The van der Waals surface area contributed by atoms with Gasteiger partial charge in [0.05, 0.1) is 16.8 Å². The number of oxime groups is 1. The molecule has 0 aliphatic rings.